The third-order valence-corrected chi connectivity index (χ3v) is 2.22. The highest BCUT2D eigenvalue weighted by atomic mass is 16.5. The van der Waals surface area contributed by atoms with E-state index in [0.717, 1.165) is 17.7 Å². The molecule has 0 radical (unpaired) electrons. The van der Waals surface area contributed by atoms with Crippen LogP contribution in [0.5, 0.6) is 0 Å². The first-order chi connectivity index (χ1) is 6.31. The first-order valence-corrected chi connectivity index (χ1v) is 4.24. The number of hydrogen-bond donors (Lipinski definition) is 2. The number of nitrogens with one attached hydrogen (secondary N) is 1. The Labute approximate surface area is 75.2 Å². The molecule has 4 heteroatoms. The molecule has 13 heavy (non-hydrogen) atoms. The van der Waals surface area contributed by atoms with E-state index in [1.54, 1.807) is 6.07 Å². The number of rotatable bonds is 1. The number of aliphatic hydroxyl groups excluding tert-OH is 1. The van der Waals surface area contributed by atoms with Gasteiger partial charge in [0.1, 0.15) is 0 Å². The van der Waals surface area contributed by atoms with Crippen molar-refractivity contribution in [2.45, 2.75) is 19.6 Å². The number of pyridine rings is 1. The zero-order chi connectivity index (χ0) is 9.26. The smallest absolute Gasteiger partial charge is 0.253 e. The fourth-order valence-corrected chi connectivity index (χ4v) is 1.49. The lowest BCUT2D eigenvalue weighted by molar-refractivity contribution is 0.109. The van der Waals surface area contributed by atoms with Crippen LogP contribution in [0.3, 0.4) is 0 Å². The van der Waals surface area contributed by atoms with Crippen LogP contribution in [0.2, 0.25) is 0 Å². The van der Waals surface area contributed by atoms with E-state index >= 15 is 0 Å². The van der Waals surface area contributed by atoms with Gasteiger partial charge in [-0.15, -0.1) is 0 Å². The van der Waals surface area contributed by atoms with Crippen LogP contribution in [0.4, 0.5) is 0 Å². The molecule has 2 heterocycles. The molecule has 2 rings (SSSR count). The van der Waals surface area contributed by atoms with Gasteiger partial charge in [0.05, 0.1) is 19.8 Å². The number of aromatic amines is 1. The Morgan fingerprint density at radius 1 is 1.62 bits per heavy atom. The molecular weight excluding hydrogens is 170 g/mol. The van der Waals surface area contributed by atoms with Crippen LogP contribution < -0.4 is 5.56 Å². The molecule has 0 aromatic carbocycles. The van der Waals surface area contributed by atoms with Crippen LogP contribution in [-0.2, 0) is 24.4 Å². The Morgan fingerprint density at radius 3 is 3.23 bits per heavy atom. The molecular formula is C9H11NO3. The molecule has 0 amide bonds. The van der Waals surface area contributed by atoms with Crippen LogP contribution >= 0.6 is 0 Å². The SMILES string of the molecule is O=c1[nH]c2c(cc1CO)COCC2. The highest BCUT2D eigenvalue weighted by Gasteiger charge is 2.12. The molecule has 1 aliphatic heterocycles. The summed E-state index contributed by atoms with van der Waals surface area (Å²) in [7, 11) is 0. The van der Waals surface area contributed by atoms with Gasteiger partial charge in [0, 0.05) is 17.7 Å². The third kappa shape index (κ3) is 1.50. The summed E-state index contributed by atoms with van der Waals surface area (Å²) in [6.45, 7) is 0.961. The van der Waals surface area contributed by atoms with Gasteiger partial charge < -0.3 is 14.8 Å². The molecule has 0 atom stereocenters. The normalized spacial score (nSPS) is 15.5. The lowest BCUT2D eigenvalue weighted by atomic mass is 10.1. The van der Waals surface area contributed by atoms with E-state index in [0.29, 0.717) is 18.8 Å². The van der Waals surface area contributed by atoms with E-state index < -0.39 is 0 Å². The topological polar surface area (TPSA) is 62.3 Å². The third-order valence-electron chi connectivity index (χ3n) is 2.22. The first-order valence-electron chi connectivity index (χ1n) is 4.24. The average molecular weight is 181 g/mol. The van der Waals surface area contributed by atoms with Gasteiger partial charge in [-0.05, 0) is 11.6 Å². The quantitative estimate of drug-likeness (QED) is 0.638. The second-order valence-corrected chi connectivity index (χ2v) is 3.09. The first kappa shape index (κ1) is 8.47. The van der Waals surface area contributed by atoms with Gasteiger partial charge in [0.25, 0.3) is 5.56 Å². The fourth-order valence-electron chi connectivity index (χ4n) is 1.49. The standard InChI is InChI=1S/C9H11NO3/c11-4-6-3-7-5-13-2-1-8(7)10-9(6)12/h3,11H,1-2,4-5H2,(H,10,12). The Balaban J connectivity index is 2.51. The maximum atomic E-state index is 11.3. The molecule has 0 saturated carbocycles. The summed E-state index contributed by atoms with van der Waals surface area (Å²) in [5.74, 6) is 0. The zero-order valence-corrected chi connectivity index (χ0v) is 7.17. The average Bonchev–Trinajstić information content (AvgIpc) is 2.17. The zero-order valence-electron chi connectivity index (χ0n) is 7.17. The van der Waals surface area contributed by atoms with Crippen LogP contribution in [0.1, 0.15) is 16.8 Å². The van der Waals surface area contributed by atoms with Crippen molar-refractivity contribution in [2.24, 2.45) is 0 Å². The van der Waals surface area contributed by atoms with E-state index in [-0.39, 0.29) is 12.2 Å². The predicted molar refractivity (Wildman–Crippen MR) is 46.3 cm³/mol. The van der Waals surface area contributed by atoms with E-state index in [1.807, 2.05) is 0 Å². The second-order valence-electron chi connectivity index (χ2n) is 3.09. The van der Waals surface area contributed by atoms with Gasteiger partial charge in [-0.2, -0.15) is 0 Å². The van der Waals surface area contributed by atoms with Gasteiger partial charge in [-0.1, -0.05) is 0 Å². The second kappa shape index (κ2) is 3.32. The van der Waals surface area contributed by atoms with Crippen LogP contribution in [0.15, 0.2) is 10.9 Å². The number of aromatic nitrogens is 1. The van der Waals surface area contributed by atoms with Crippen molar-refractivity contribution in [2.75, 3.05) is 6.61 Å². The van der Waals surface area contributed by atoms with Crippen molar-refractivity contribution < 1.29 is 9.84 Å². The minimum atomic E-state index is -0.220. The van der Waals surface area contributed by atoms with Gasteiger partial charge in [-0.3, -0.25) is 4.79 Å². The Bertz CT molecular complexity index is 370. The van der Waals surface area contributed by atoms with Crippen molar-refractivity contribution in [1.29, 1.82) is 0 Å². The number of fused-ring (bicyclic) bond motifs is 1. The van der Waals surface area contributed by atoms with E-state index in [9.17, 15) is 4.79 Å². The number of hydrogen-bond acceptors (Lipinski definition) is 3. The monoisotopic (exact) mass is 181 g/mol. The maximum Gasteiger partial charge on any atom is 0.253 e. The molecule has 0 unspecified atom stereocenters. The minimum Gasteiger partial charge on any atom is -0.391 e. The molecule has 1 aromatic rings. The largest absolute Gasteiger partial charge is 0.391 e. The molecule has 0 saturated heterocycles. The summed E-state index contributed by atoms with van der Waals surface area (Å²) in [5, 5.41) is 8.86. The Morgan fingerprint density at radius 2 is 2.46 bits per heavy atom. The highest BCUT2D eigenvalue weighted by molar-refractivity contribution is 5.25. The predicted octanol–water partition coefficient (Wildman–Crippen LogP) is -0.0601. The van der Waals surface area contributed by atoms with Crippen molar-refractivity contribution >= 4 is 0 Å². The summed E-state index contributed by atoms with van der Waals surface area (Å²) in [4.78, 5) is 14.0. The van der Waals surface area contributed by atoms with Crippen molar-refractivity contribution in [3.8, 4) is 0 Å². The molecule has 0 aliphatic carbocycles. The van der Waals surface area contributed by atoms with Crippen LogP contribution in [0, 0.1) is 0 Å². The molecule has 0 bridgehead atoms. The molecule has 70 valence electrons. The summed E-state index contributed by atoms with van der Waals surface area (Å²) in [5.41, 5.74) is 2.13. The number of ether oxygens (including phenoxy) is 1. The summed E-state index contributed by atoms with van der Waals surface area (Å²) < 4.78 is 5.23. The van der Waals surface area contributed by atoms with Gasteiger partial charge in [0.2, 0.25) is 0 Å². The van der Waals surface area contributed by atoms with Crippen LogP contribution in [-0.4, -0.2) is 16.7 Å². The maximum absolute atomic E-state index is 11.3. The molecule has 2 N–H and O–H groups in total. The molecule has 0 spiro atoms. The summed E-state index contributed by atoms with van der Waals surface area (Å²) in [6, 6.07) is 1.72. The van der Waals surface area contributed by atoms with Gasteiger partial charge in [-0.25, -0.2) is 0 Å². The molecule has 4 nitrogen and oxygen atoms in total. The lowest BCUT2D eigenvalue weighted by Crippen LogP contribution is -2.21. The molecule has 1 aliphatic rings. The van der Waals surface area contributed by atoms with Crippen LogP contribution in [0.25, 0.3) is 0 Å². The fraction of sp³-hybridized carbons (Fsp3) is 0.444. The Kier molecular flexibility index (Phi) is 2.16. The van der Waals surface area contributed by atoms with E-state index in [2.05, 4.69) is 4.98 Å². The van der Waals surface area contributed by atoms with E-state index in [1.165, 1.54) is 0 Å². The summed E-state index contributed by atoms with van der Waals surface area (Å²) >= 11 is 0. The van der Waals surface area contributed by atoms with Gasteiger partial charge in [0.15, 0.2) is 0 Å². The van der Waals surface area contributed by atoms with E-state index in [4.69, 9.17) is 9.84 Å². The lowest BCUT2D eigenvalue weighted by Gasteiger charge is -2.16. The molecule has 1 aromatic heterocycles. The van der Waals surface area contributed by atoms with Crippen molar-refractivity contribution in [3.05, 3.63) is 33.2 Å². The van der Waals surface area contributed by atoms with Gasteiger partial charge >= 0.3 is 0 Å². The minimum absolute atomic E-state index is 0.192. The Hall–Kier alpha value is -1.13. The number of aliphatic hydroxyl groups is 1. The summed E-state index contributed by atoms with van der Waals surface area (Å²) in [6.07, 6.45) is 0.746. The van der Waals surface area contributed by atoms with Crippen molar-refractivity contribution in [1.82, 2.24) is 4.98 Å². The van der Waals surface area contributed by atoms with Crippen molar-refractivity contribution in [3.63, 3.8) is 0 Å². The number of H-pyrrole nitrogens is 1. The molecule has 0 fully saturated rings. The highest BCUT2D eigenvalue weighted by Crippen LogP contribution is 2.13.